The smallest absolute Gasteiger partial charge is 0.293 e. The maximum absolute atomic E-state index is 12.9. The van der Waals surface area contributed by atoms with Crippen molar-refractivity contribution in [2.75, 3.05) is 16.6 Å². The van der Waals surface area contributed by atoms with Crippen molar-refractivity contribution in [2.45, 2.75) is 23.6 Å². The number of benzene rings is 3. The van der Waals surface area contributed by atoms with Gasteiger partial charge < -0.3 is 4.74 Å². The highest BCUT2D eigenvalue weighted by Crippen LogP contribution is 2.31. The van der Waals surface area contributed by atoms with Crippen molar-refractivity contribution < 1.29 is 26.5 Å². The average Bonchev–Trinajstić information content (AvgIpc) is 2.74. The Morgan fingerprint density at radius 1 is 0.818 bits per heavy atom. The van der Waals surface area contributed by atoms with E-state index < -0.39 is 35.6 Å². The van der Waals surface area contributed by atoms with Crippen LogP contribution in [0.15, 0.2) is 70.5 Å². The molecule has 0 aliphatic carbocycles. The van der Waals surface area contributed by atoms with E-state index in [0.29, 0.717) is 11.3 Å². The average molecular weight is 492 g/mol. The van der Waals surface area contributed by atoms with E-state index in [1.165, 1.54) is 25.3 Å². The Balaban J connectivity index is 1.98. The largest absolute Gasteiger partial charge is 0.497 e. The third-order valence-corrected chi connectivity index (χ3v) is 7.60. The standard InChI is InChI=1S/C21H21N3O7S2/c1-14-5-4-6-16(11-14)22-33(29,30)21-12-17(8-7-15(21)2)23-32(27,28)20-10-9-18(31-3)13-19(20)24(25)26/h4-13,22-23H,1-3H3. The molecule has 3 aromatic rings. The zero-order valence-corrected chi connectivity index (χ0v) is 19.5. The first-order valence-corrected chi connectivity index (χ1v) is 12.4. The Hall–Kier alpha value is -3.64. The quantitative estimate of drug-likeness (QED) is 0.360. The van der Waals surface area contributed by atoms with E-state index in [-0.39, 0.29) is 16.3 Å². The van der Waals surface area contributed by atoms with Gasteiger partial charge in [0.2, 0.25) is 0 Å². The summed E-state index contributed by atoms with van der Waals surface area (Å²) in [7, 11) is -7.16. The number of nitro benzene ring substituents is 1. The zero-order valence-electron chi connectivity index (χ0n) is 17.9. The molecule has 0 saturated heterocycles. The van der Waals surface area contributed by atoms with Gasteiger partial charge in [-0.05, 0) is 61.4 Å². The number of nitrogens with one attached hydrogen (secondary N) is 2. The summed E-state index contributed by atoms with van der Waals surface area (Å²) in [6.07, 6.45) is 0. The fraction of sp³-hybridized carbons (Fsp3) is 0.143. The molecule has 0 heterocycles. The Bertz CT molecular complexity index is 1440. The molecule has 12 heteroatoms. The number of anilines is 2. The molecule has 0 bridgehead atoms. The van der Waals surface area contributed by atoms with Crippen LogP contribution in [0.3, 0.4) is 0 Å². The van der Waals surface area contributed by atoms with Crippen LogP contribution in [-0.2, 0) is 20.0 Å². The van der Waals surface area contributed by atoms with Gasteiger partial charge in [0.15, 0.2) is 4.90 Å². The summed E-state index contributed by atoms with van der Waals surface area (Å²) in [6.45, 7) is 3.38. The molecule has 0 unspecified atom stereocenters. The number of aryl methyl sites for hydroxylation is 2. The maximum Gasteiger partial charge on any atom is 0.293 e. The van der Waals surface area contributed by atoms with Crippen LogP contribution in [0.2, 0.25) is 0 Å². The monoisotopic (exact) mass is 491 g/mol. The molecule has 0 radical (unpaired) electrons. The van der Waals surface area contributed by atoms with Crippen LogP contribution in [0.1, 0.15) is 11.1 Å². The Morgan fingerprint density at radius 3 is 2.06 bits per heavy atom. The van der Waals surface area contributed by atoms with Gasteiger partial charge in [-0.1, -0.05) is 18.2 Å². The molecule has 3 aromatic carbocycles. The summed E-state index contributed by atoms with van der Waals surface area (Å²) in [4.78, 5) is 9.82. The van der Waals surface area contributed by atoms with Crippen LogP contribution in [0.5, 0.6) is 5.75 Å². The van der Waals surface area contributed by atoms with E-state index in [1.54, 1.807) is 25.1 Å². The molecule has 0 aliphatic heterocycles. The molecular weight excluding hydrogens is 470 g/mol. The van der Waals surface area contributed by atoms with Gasteiger partial charge in [0.05, 0.1) is 28.7 Å². The number of sulfonamides is 2. The van der Waals surface area contributed by atoms with Crippen molar-refractivity contribution in [1.82, 2.24) is 0 Å². The number of nitrogens with zero attached hydrogens (tertiary/aromatic N) is 1. The van der Waals surface area contributed by atoms with Gasteiger partial charge in [0, 0.05) is 5.69 Å². The highest BCUT2D eigenvalue weighted by molar-refractivity contribution is 7.93. The van der Waals surface area contributed by atoms with Crippen LogP contribution in [-0.4, -0.2) is 28.9 Å². The Labute approximate surface area is 191 Å². The fourth-order valence-corrected chi connectivity index (χ4v) is 5.60. The second kappa shape index (κ2) is 9.08. The first-order valence-electron chi connectivity index (χ1n) is 9.48. The third-order valence-electron chi connectivity index (χ3n) is 4.65. The number of methoxy groups -OCH3 is 1. The lowest BCUT2D eigenvalue weighted by Gasteiger charge is -2.14. The van der Waals surface area contributed by atoms with Crippen LogP contribution < -0.4 is 14.2 Å². The molecule has 0 amide bonds. The number of hydrogen-bond acceptors (Lipinski definition) is 7. The summed E-state index contributed by atoms with van der Waals surface area (Å²) < 4.78 is 61.2. The molecule has 0 fully saturated rings. The molecule has 33 heavy (non-hydrogen) atoms. The summed E-state index contributed by atoms with van der Waals surface area (Å²) in [5.74, 6) is 0.117. The van der Waals surface area contributed by atoms with E-state index in [1.807, 2.05) is 13.0 Å². The molecule has 0 spiro atoms. The Morgan fingerprint density at radius 2 is 1.45 bits per heavy atom. The van der Waals surface area contributed by atoms with Crippen LogP contribution in [0.4, 0.5) is 17.1 Å². The van der Waals surface area contributed by atoms with E-state index in [9.17, 15) is 26.9 Å². The fourth-order valence-electron chi connectivity index (χ4n) is 3.08. The predicted molar refractivity (Wildman–Crippen MR) is 124 cm³/mol. The van der Waals surface area contributed by atoms with Crippen molar-refractivity contribution in [3.63, 3.8) is 0 Å². The van der Waals surface area contributed by atoms with Crippen LogP contribution >= 0.6 is 0 Å². The second-order valence-corrected chi connectivity index (χ2v) is 10.5. The molecular formula is C21H21N3O7S2. The lowest BCUT2D eigenvalue weighted by molar-refractivity contribution is -0.387. The summed E-state index contributed by atoms with van der Waals surface area (Å²) >= 11 is 0. The number of ether oxygens (including phenoxy) is 1. The number of rotatable bonds is 8. The third kappa shape index (κ3) is 5.41. The van der Waals surface area contributed by atoms with E-state index in [0.717, 1.165) is 23.8 Å². The lowest BCUT2D eigenvalue weighted by atomic mass is 10.2. The van der Waals surface area contributed by atoms with Gasteiger partial charge in [-0.25, -0.2) is 16.8 Å². The van der Waals surface area contributed by atoms with E-state index >= 15 is 0 Å². The summed E-state index contributed by atoms with van der Waals surface area (Å²) in [5.41, 5.74) is 0.843. The van der Waals surface area contributed by atoms with Crippen molar-refractivity contribution in [1.29, 1.82) is 0 Å². The SMILES string of the molecule is COc1ccc(S(=O)(=O)Nc2ccc(C)c(S(=O)(=O)Nc3cccc(C)c3)c2)c([N+](=O)[O-])c1. The molecule has 174 valence electrons. The molecule has 2 N–H and O–H groups in total. The molecule has 10 nitrogen and oxygen atoms in total. The lowest BCUT2D eigenvalue weighted by Crippen LogP contribution is -2.17. The van der Waals surface area contributed by atoms with E-state index in [2.05, 4.69) is 9.44 Å². The second-order valence-electron chi connectivity index (χ2n) is 7.15. The first-order chi connectivity index (χ1) is 15.4. The first kappa shape index (κ1) is 24.0. The van der Waals surface area contributed by atoms with Crippen LogP contribution in [0.25, 0.3) is 0 Å². The molecule has 0 atom stereocenters. The van der Waals surface area contributed by atoms with Gasteiger partial charge in [-0.15, -0.1) is 0 Å². The van der Waals surface area contributed by atoms with Gasteiger partial charge in [0.1, 0.15) is 5.75 Å². The predicted octanol–water partition coefficient (Wildman–Crippen LogP) is 3.82. The molecule has 3 rings (SSSR count). The molecule has 0 saturated carbocycles. The van der Waals surface area contributed by atoms with Gasteiger partial charge in [0.25, 0.3) is 25.7 Å². The summed E-state index contributed by atoms with van der Waals surface area (Å²) in [6, 6.07) is 14.0. The highest BCUT2D eigenvalue weighted by atomic mass is 32.2. The van der Waals surface area contributed by atoms with Crippen molar-refractivity contribution >= 4 is 37.1 Å². The van der Waals surface area contributed by atoms with Crippen molar-refractivity contribution in [3.05, 3.63) is 81.9 Å². The molecule has 0 aromatic heterocycles. The van der Waals surface area contributed by atoms with E-state index in [4.69, 9.17) is 4.74 Å². The number of nitro groups is 1. The summed E-state index contributed by atoms with van der Waals surface area (Å²) in [5, 5.41) is 11.4. The minimum absolute atomic E-state index is 0.0738. The minimum atomic E-state index is -4.42. The zero-order chi connectivity index (χ0) is 24.4. The van der Waals surface area contributed by atoms with Crippen molar-refractivity contribution in [2.24, 2.45) is 0 Å². The van der Waals surface area contributed by atoms with Gasteiger partial charge in [-0.2, -0.15) is 0 Å². The normalized spacial score (nSPS) is 11.6. The number of hydrogen-bond donors (Lipinski definition) is 2. The van der Waals surface area contributed by atoms with Crippen molar-refractivity contribution in [3.8, 4) is 5.75 Å². The topological polar surface area (TPSA) is 145 Å². The molecule has 0 aliphatic rings. The maximum atomic E-state index is 12.9. The van der Waals surface area contributed by atoms with Gasteiger partial charge >= 0.3 is 0 Å². The highest BCUT2D eigenvalue weighted by Gasteiger charge is 2.27. The van der Waals surface area contributed by atoms with Crippen LogP contribution in [0, 0.1) is 24.0 Å². The van der Waals surface area contributed by atoms with Gasteiger partial charge in [-0.3, -0.25) is 19.6 Å². The minimum Gasteiger partial charge on any atom is -0.497 e. The Kier molecular flexibility index (Phi) is 6.60.